The van der Waals surface area contributed by atoms with Gasteiger partial charge >= 0.3 is 0 Å². The van der Waals surface area contributed by atoms with Crippen molar-refractivity contribution in [3.8, 4) is 5.75 Å². The Morgan fingerprint density at radius 2 is 2.03 bits per heavy atom. The van der Waals surface area contributed by atoms with Crippen LogP contribution in [0.4, 0.5) is 10.7 Å². The number of nitrogens with one attached hydrogen (secondary N) is 2. The number of carbonyl (C=O) groups is 2. The van der Waals surface area contributed by atoms with Crippen LogP contribution in [-0.2, 0) is 11.3 Å². The Morgan fingerprint density at radius 3 is 2.76 bits per heavy atom. The van der Waals surface area contributed by atoms with E-state index in [4.69, 9.17) is 4.74 Å². The largest absolute Gasteiger partial charge is 0.478 e. The van der Waals surface area contributed by atoms with Gasteiger partial charge in [-0.25, -0.2) is 0 Å². The van der Waals surface area contributed by atoms with Gasteiger partial charge in [0.05, 0.1) is 15.6 Å². The van der Waals surface area contributed by atoms with Gasteiger partial charge in [0.2, 0.25) is 0 Å². The summed E-state index contributed by atoms with van der Waals surface area (Å²) in [4.78, 5) is 29.3. The SMILES string of the molecule is CCC1Oc2ccc(CN3CCN(c4ccc(C(=O)NC)s4)CC3)cc2NC1=O. The lowest BCUT2D eigenvalue weighted by atomic mass is 10.1. The molecule has 0 radical (unpaired) electrons. The number of hydrogen-bond donors (Lipinski definition) is 2. The van der Waals surface area contributed by atoms with Crippen LogP contribution >= 0.6 is 11.3 Å². The number of carbonyl (C=O) groups excluding carboxylic acids is 2. The van der Waals surface area contributed by atoms with Gasteiger partial charge < -0.3 is 20.3 Å². The van der Waals surface area contributed by atoms with Gasteiger partial charge in [-0.15, -0.1) is 11.3 Å². The highest BCUT2D eigenvalue weighted by Crippen LogP contribution is 2.32. The first-order valence-electron chi connectivity index (χ1n) is 9.97. The molecule has 1 aromatic heterocycles. The zero-order chi connectivity index (χ0) is 20.4. The minimum atomic E-state index is -0.400. The molecule has 0 saturated carbocycles. The Bertz CT molecular complexity index is 905. The molecule has 2 aliphatic rings. The summed E-state index contributed by atoms with van der Waals surface area (Å²) in [6, 6.07) is 9.96. The first-order chi connectivity index (χ1) is 14.1. The number of rotatable bonds is 5. The van der Waals surface area contributed by atoms with Crippen LogP contribution in [0.5, 0.6) is 5.75 Å². The van der Waals surface area contributed by atoms with Crippen LogP contribution < -0.4 is 20.3 Å². The van der Waals surface area contributed by atoms with Crippen molar-refractivity contribution in [2.24, 2.45) is 0 Å². The summed E-state index contributed by atoms with van der Waals surface area (Å²) in [7, 11) is 1.65. The average Bonchev–Trinajstić information content (AvgIpc) is 3.23. The molecule has 0 spiro atoms. The highest BCUT2D eigenvalue weighted by Gasteiger charge is 2.26. The monoisotopic (exact) mass is 414 g/mol. The van der Waals surface area contributed by atoms with Crippen molar-refractivity contribution < 1.29 is 14.3 Å². The Labute approximate surface area is 174 Å². The smallest absolute Gasteiger partial charge is 0.265 e. The number of anilines is 2. The predicted octanol–water partition coefficient (Wildman–Crippen LogP) is 2.54. The fraction of sp³-hybridized carbons (Fsp3) is 0.429. The molecular formula is C21H26N4O3S. The van der Waals surface area contributed by atoms with E-state index in [1.165, 1.54) is 11.3 Å². The van der Waals surface area contributed by atoms with E-state index in [-0.39, 0.29) is 11.8 Å². The summed E-state index contributed by atoms with van der Waals surface area (Å²) in [6.45, 7) is 6.53. The van der Waals surface area contributed by atoms with E-state index in [1.807, 2.05) is 31.2 Å². The van der Waals surface area contributed by atoms with Crippen molar-refractivity contribution in [2.75, 3.05) is 43.4 Å². The molecule has 154 valence electrons. The van der Waals surface area contributed by atoms with Crippen LogP contribution in [0, 0.1) is 0 Å². The summed E-state index contributed by atoms with van der Waals surface area (Å²) in [5, 5.41) is 6.77. The molecule has 1 unspecified atom stereocenters. The maximum Gasteiger partial charge on any atom is 0.265 e. The average molecular weight is 415 g/mol. The van der Waals surface area contributed by atoms with Crippen LogP contribution in [0.25, 0.3) is 0 Å². The number of piperazine rings is 1. The number of hydrogen-bond acceptors (Lipinski definition) is 6. The van der Waals surface area contributed by atoms with E-state index in [1.54, 1.807) is 7.05 Å². The van der Waals surface area contributed by atoms with Crippen molar-refractivity contribution in [3.05, 3.63) is 40.8 Å². The van der Waals surface area contributed by atoms with Gasteiger partial charge in [-0.05, 0) is 36.2 Å². The molecule has 8 heteroatoms. The van der Waals surface area contributed by atoms with Gasteiger partial charge in [0.25, 0.3) is 11.8 Å². The molecule has 2 aromatic rings. The van der Waals surface area contributed by atoms with Crippen molar-refractivity contribution in [2.45, 2.75) is 26.0 Å². The van der Waals surface area contributed by atoms with Crippen molar-refractivity contribution >= 4 is 33.8 Å². The van der Waals surface area contributed by atoms with Crippen LogP contribution in [0.2, 0.25) is 0 Å². The summed E-state index contributed by atoms with van der Waals surface area (Å²) in [5.41, 5.74) is 1.92. The van der Waals surface area contributed by atoms with Gasteiger partial charge in [0.15, 0.2) is 6.10 Å². The number of thiophene rings is 1. The molecule has 1 fully saturated rings. The van der Waals surface area contributed by atoms with E-state index in [2.05, 4.69) is 26.5 Å². The molecule has 0 aliphatic carbocycles. The maximum absolute atomic E-state index is 12.0. The van der Waals surface area contributed by atoms with Gasteiger partial charge in [-0.2, -0.15) is 0 Å². The standard InChI is InChI=1S/C21H26N4O3S/c1-3-16-20(26)23-15-12-14(4-5-17(15)28-16)13-24-8-10-25(11-9-24)19-7-6-18(29-19)21(27)22-2/h4-7,12,16H,3,8-11,13H2,1-2H3,(H,22,27)(H,23,26). The number of fused-ring (bicyclic) bond motifs is 1. The Balaban J connectivity index is 1.34. The van der Waals surface area contributed by atoms with Crippen LogP contribution in [-0.4, -0.2) is 56.0 Å². The molecule has 4 rings (SSSR count). The molecule has 3 heterocycles. The topological polar surface area (TPSA) is 73.9 Å². The fourth-order valence-electron chi connectivity index (χ4n) is 3.69. The second kappa shape index (κ2) is 8.42. The summed E-state index contributed by atoms with van der Waals surface area (Å²) < 4.78 is 5.77. The highest BCUT2D eigenvalue weighted by molar-refractivity contribution is 7.18. The molecule has 7 nitrogen and oxygen atoms in total. The van der Waals surface area contributed by atoms with Gasteiger partial charge in [-0.1, -0.05) is 13.0 Å². The fourth-order valence-corrected chi connectivity index (χ4v) is 4.70. The lowest BCUT2D eigenvalue weighted by Crippen LogP contribution is -2.45. The minimum Gasteiger partial charge on any atom is -0.478 e. The molecule has 2 aliphatic heterocycles. The van der Waals surface area contributed by atoms with E-state index in [0.717, 1.165) is 59.6 Å². The number of nitrogens with zero attached hydrogens (tertiary/aromatic N) is 2. The molecule has 0 bridgehead atoms. The number of amides is 2. The molecule has 2 amide bonds. The third-order valence-electron chi connectivity index (χ3n) is 5.37. The van der Waals surface area contributed by atoms with E-state index >= 15 is 0 Å². The summed E-state index contributed by atoms with van der Waals surface area (Å²) in [6.07, 6.45) is 0.259. The number of ether oxygens (including phenoxy) is 1. The second-order valence-corrected chi connectivity index (χ2v) is 8.38. The van der Waals surface area contributed by atoms with Gasteiger partial charge in [0.1, 0.15) is 5.75 Å². The van der Waals surface area contributed by atoms with Crippen LogP contribution in [0.3, 0.4) is 0 Å². The van der Waals surface area contributed by atoms with E-state index in [0.29, 0.717) is 6.42 Å². The van der Waals surface area contributed by atoms with E-state index < -0.39 is 6.10 Å². The summed E-state index contributed by atoms with van der Waals surface area (Å²) in [5.74, 6) is 0.640. The predicted molar refractivity (Wildman–Crippen MR) is 115 cm³/mol. The third kappa shape index (κ3) is 4.23. The molecule has 1 saturated heterocycles. The van der Waals surface area contributed by atoms with E-state index in [9.17, 15) is 9.59 Å². The lowest BCUT2D eigenvalue weighted by Gasteiger charge is -2.35. The first-order valence-corrected chi connectivity index (χ1v) is 10.8. The first kappa shape index (κ1) is 19.7. The van der Waals surface area contributed by atoms with Crippen molar-refractivity contribution in [1.29, 1.82) is 0 Å². The maximum atomic E-state index is 12.0. The molecule has 29 heavy (non-hydrogen) atoms. The Hall–Kier alpha value is -2.58. The zero-order valence-corrected chi connectivity index (χ0v) is 17.6. The number of benzene rings is 1. The van der Waals surface area contributed by atoms with Crippen LogP contribution in [0.1, 0.15) is 28.6 Å². The highest BCUT2D eigenvalue weighted by atomic mass is 32.1. The normalized spacial score (nSPS) is 19.3. The van der Waals surface area contributed by atoms with Crippen LogP contribution in [0.15, 0.2) is 30.3 Å². The molecule has 1 atom stereocenters. The zero-order valence-electron chi connectivity index (χ0n) is 16.7. The molecule has 1 aromatic carbocycles. The Kier molecular flexibility index (Phi) is 5.73. The summed E-state index contributed by atoms with van der Waals surface area (Å²) >= 11 is 1.54. The third-order valence-corrected chi connectivity index (χ3v) is 6.51. The Morgan fingerprint density at radius 1 is 1.24 bits per heavy atom. The lowest BCUT2D eigenvalue weighted by molar-refractivity contribution is -0.123. The second-order valence-electron chi connectivity index (χ2n) is 7.31. The van der Waals surface area contributed by atoms with Gasteiger partial charge in [-0.3, -0.25) is 14.5 Å². The quantitative estimate of drug-likeness (QED) is 0.787. The molecular weight excluding hydrogens is 388 g/mol. The molecule has 2 N–H and O–H groups in total. The van der Waals surface area contributed by atoms with Crippen molar-refractivity contribution in [1.82, 2.24) is 10.2 Å². The minimum absolute atomic E-state index is 0.0337. The van der Waals surface area contributed by atoms with Gasteiger partial charge in [0, 0.05) is 39.8 Å². The van der Waals surface area contributed by atoms with Crippen molar-refractivity contribution in [3.63, 3.8) is 0 Å².